The Kier molecular flexibility index (Phi) is 7.22. The van der Waals surface area contributed by atoms with Gasteiger partial charge in [-0.25, -0.2) is 4.68 Å². The number of anilines is 1. The highest BCUT2D eigenvalue weighted by Gasteiger charge is 2.40. The molecule has 42 heavy (non-hydrogen) atoms. The van der Waals surface area contributed by atoms with Gasteiger partial charge < -0.3 is 14.8 Å². The molecular formula is C32H27ClF3N3O3. The van der Waals surface area contributed by atoms with E-state index in [9.17, 15) is 18.0 Å². The Hall–Kier alpha value is -4.24. The Balaban J connectivity index is 1.47. The molecule has 3 aromatic carbocycles. The fourth-order valence-electron chi connectivity index (χ4n) is 5.70. The van der Waals surface area contributed by atoms with Crippen molar-refractivity contribution in [2.24, 2.45) is 0 Å². The quantitative estimate of drug-likeness (QED) is 0.245. The lowest BCUT2D eigenvalue weighted by Crippen LogP contribution is -2.27. The van der Waals surface area contributed by atoms with Crippen LogP contribution in [0, 0.1) is 6.92 Å². The van der Waals surface area contributed by atoms with Crippen LogP contribution in [0.1, 0.15) is 53.1 Å². The van der Waals surface area contributed by atoms with Crippen LogP contribution in [0.5, 0.6) is 11.5 Å². The molecule has 0 fully saturated rings. The topological polar surface area (TPSA) is 65.4 Å². The fraction of sp³-hybridized carbons (Fsp3) is 0.250. The summed E-state index contributed by atoms with van der Waals surface area (Å²) < 4.78 is 54.0. The monoisotopic (exact) mass is 593 g/mol. The number of carbonyl (C=O) groups is 1. The summed E-state index contributed by atoms with van der Waals surface area (Å²) in [5, 5.41) is 8.10. The number of aromatic nitrogens is 2. The molecule has 10 heteroatoms. The highest BCUT2D eigenvalue weighted by molar-refractivity contribution is 6.32. The number of hydrogen-bond donors (Lipinski definition) is 1. The van der Waals surface area contributed by atoms with Gasteiger partial charge in [-0.3, -0.25) is 4.79 Å². The van der Waals surface area contributed by atoms with Crippen molar-refractivity contribution < 1.29 is 27.4 Å². The molecule has 2 heterocycles. The predicted octanol–water partition coefficient (Wildman–Crippen LogP) is 8.01. The number of benzene rings is 3. The Morgan fingerprint density at radius 3 is 2.57 bits per heavy atom. The molecule has 6 nitrogen and oxygen atoms in total. The first kappa shape index (κ1) is 27.9. The molecule has 0 saturated carbocycles. The number of hydrogen-bond acceptors (Lipinski definition) is 5. The molecule has 0 bridgehead atoms. The third-order valence-electron chi connectivity index (χ3n) is 7.67. The number of nitrogens with one attached hydrogen (secondary N) is 1. The van der Waals surface area contributed by atoms with Gasteiger partial charge in [0.1, 0.15) is 12.4 Å². The van der Waals surface area contributed by atoms with Crippen molar-refractivity contribution in [3.8, 4) is 17.2 Å². The third-order valence-corrected chi connectivity index (χ3v) is 7.99. The molecule has 1 aliphatic heterocycles. The van der Waals surface area contributed by atoms with Gasteiger partial charge in [-0.05, 0) is 61.2 Å². The van der Waals surface area contributed by atoms with Crippen molar-refractivity contribution in [2.75, 3.05) is 12.4 Å². The number of fused-ring (bicyclic) bond motifs is 1. The normalized spacial score (nSPS) is 16.5. The zero-order chi connectivity index (χ0) is 29.6. The second-order valence-electron chi connectivity index (χ2n) is 10.3. The molecule has 1 N–H and O–H groups in total. The SMILES string of the molecule is COc1cc([C@H]2C3=C(CCCC3=O)Nc3c2c(C)nn3-c2cc(C(F)(F)F)ccc2Cl)ccc1OCc1ccccc1. The number of nitrogens with zero attached hydrogens (tertiary/aromatic N) is 2. The lowest BCUT2D eigenvalue weighted by atomic mass is 9.76. The van der Waals surface area contributed by atoms with Crippen molar-refractivity contribution >= 4 is 23.2 Å². The largest absolute Gasteiger partial charge is 0.493 e. The number of ether oxygens (including phenoxy) is 2. The van der Waals surface area contributed by atoms with Crippen LogP contribution in [0.25, 0.3) is 5.69 Å². The molecule has 4 aromatic rings. The molecule has 1 aromatic heterocycles. The van der Waals surface area contributed by atoms with Crippen LogP contribution in [-0.2, 0) is 17.6 Å². The van der Waals surface area contributed by atoms with Gasteiger partial charge in [0.25, 0.3) is 0 Å². The third kappa shape index (κ3) is 5.02. The van der Waals surface area contributed by atoms with Gasteiger partial charge in [0.2, 0.25) is 0 Å². The van der Waals surface area contributed by atoms with E-state index in [1.165, 1.54) is 10.7 Å². The van der Waals surface area contributed by atoms with E-state index in [2.05, 4.69) is 10.4 Å². The van der Waals surface area contributed by atoms with Crippen LogP contribution in [0.4, 0.5) is 19.0 Å². The molecule has 1 aliphatic carbocycles. The first-order valence-electron chi connectivity index (χ1n) is 13.5. The maximum Gasteiger partial charge on any atom is 0.416 e. The number of aryl methyl sites for hydroxylation is 1. The van der Waals surface area contributed by atoms with Gasteiger partial charge in [0, 0.05) is 29.2 Å². The predicted molar refractivity (Wildman–Crippen MR) is 153 cm³/mol. The summed E-state index contributed by atoms with van der Waals surface area (Å²) >= 11 is 6.42. The summed E-state index contributed by atoms with van der Waals surface area (Å²) in [4.78, 5) is 13.4. The zero-order valence-corrected chi connectivity index (χ0v) is 23.6. The molecule has 0 amide bonds. The molecule has 0 unspecified atom stereocenters. The minimum absolute atomic E-state index is 0.0204. The van der Waals surface area contributed by atoms with Gasteiger partial charge in [-0.2, -0.15) is 18.3 Å². The van der Waals surface area contributed by atoms with E-state index in [-0.39, 0.29) is 16.5 Å². The molecule has 6 rings (SSSR count). The number of halogens is 4. The van der Waals surface area contributed by atoms with E-state index in [0.717, 1.165) is 29.0 Å². The van der Waals surface area contributed by atoms with Gasteiger partial charge in [-0.1, -0.05) is 48.0 Å². The molecule has 2 aliphatic rings. The number of Topliss-reactive ketones (excluding diaryl/α,β-unsaturated/α-hetero) is 1. The van der Waals surface area contributed by atoms with Gasteiger partial charge >= 0.3 is 6.18 Å². The van der Waals surface area contributed by atoms with Crippen molar-refractivity contribution in [2.45, 2.75) is 44.9 Å². The number of carbonyl (C=O) groups excluding carboxylic acids is 1. The minimum atomic E-state index is -4.55. The average molecular weight is 594 g/mol. The second kappa shape index (κ2) is 10.9. The maximum atomic E-state index is 13.6. The highest BCUT2D eigenvalue weighted by atomic mass is 35.5. The Morgan fingerprint density at radius 2 is 1.83 bits per heavy atom. The zero-order valence-electron chi connectivity index (χ0n) is 22.9. The number of ketones is 1. The lowest BCUT2D eigenvalue weighted by molar-refractivity contribution is -0.137. The van der Waals surface area contributed by atoms with E-state index in [0.29, 0.717) is 60.0 Å². The first-order valence-corrected chi connectivity index (χ1v) is 13.9. The minimum Gasteiger partial charge on any atom is -0.493 e. The highest BCUT2D eigenvalue weighted by Crippen LogP contribution is 2.49. The van der Waals surface area contributed by atoms with Crippen LogP contribution in [0.15, 0.2) is 78.0 Å². The summed E-state index contributed by atoms with van der Waals surface area (Å²) in [5.41, 5.74) is 3.66. The van der Waals surface area contributed by atoms with E-state index >= 15 is 0 Å². The van der Waals surface area contributed by atoms with E-state index in [4.69, 9.17) is 21.1 Å². The van der Waals surface area contributed by atoms with Gasteiger partial charge in [-0.15, -0.1) is 0 Å². The number of methoxy groups -OCH3 is 1. The summed E-state index contributed by atoms with van der Waals surface area (Å²) in [7, 11) is 1.55. The Morgan fingerprint density at radius 1 is 1.05 bits per heavy atom. The first-order chi connectivity index (χ1) is 20.2. The van der Waals surface area contributed by atoms with Crippen LogP contribution >= 0.6 is 11.6 Å². The van der Waals surface area contributed by atoms with Crippen LogP contribution < -0.4 is 14.8 Å². The van der Waals surface area contributed by atoms with Crippen molar-refractivity contribution in [3.63, 3.8) is 0 Å². The molecule has 216 valence electrons. The molecule has 0 radical (unpaired) electrons. The van der Waals surface area contributed by atoms with E-state index in [1.807, 2.05) is 48.5 Å². The number of rotatable bonds is 6. The maximum absolute atomic E-state index is 13.6. The molecule has 0 spiro atoms. The van der Waals surface area contributed by atoms with Crippen molar-refractivity contribution in [3.05, 3.63) is 111 Å². The molecule has 0 saturated heterocycles. The summed E-state index contributed by atoms with van der Waals surface area (Å²) in [6.07, 6.45) is -2.86. The average Bonchev–Trinajstić information content (AvgIpc) is 3.30. The number of allylic oxidation sites excluding steroid dienone is 2. The Bertz CT molecular complexity index is 1710. The second-order valence-corrected chi connectivity index (χ2v) is 10.7. The van der Waals surface area contributed by atoms with Gasteiger partial charge in [0.15, 0.2) is 17.3 Å². The number of alkyl halides is 3. The summed E-state index contributed by atoms with van der Waals surface area (Å²) in [6, 6.07) is 18.5. The fourth-order valence-corrected chi connectivity index (χ4v) is 5.90. The standard InChI is InChI=1S/C32H27ClF3N3O3/c1-18-28-29(20-11-14-26(27(15-20)41-2)42-17-19-7-4-3-5-8-19)30-23(9-6-10-25(30)40)37-31(28)39(38-18)24-16-21(32(34,35)36)12-13-22(24)33/h3-5,7-8,11-16,29,37H,6,9-10,17H2,1-2H3/t29-/m1/s1. The lowest BCUT2D eigenvalue weighted by Gasteiger charge is -2.33. The van der Waals surface area contributed by atoms with Crippen LogP contribution in [0.3, 0.4) is 0 Å². The van der Waals surface area contributed by atoms with Crippen LogP contribution in [0.2, 0.25) is 5.02 Å². The molecular weight excluding hydrogens is 567 g/mol. The van der Waals surface area contributed by atoms with Crippen LogP contribution in [-0.4, -0.2) is 22.7 Å². The Labute approximate surface area is 245 Å². The summed E-state index contributed by atoms with van der Waals surface area (Å²) in [6.45, 7) is 2.13. The van der Waals surface area contributed by atoms with E-state index < -0.39 is 17.7 Å². The smallest absolute Gasteiger partial charge is 0.416 e. The van der Waals surface area contributed by atoms with E-state index in [1.54, 1.807) is 14.0 Å². The van der Waals surface area contributed by atoms with Crippen molar-refractivity contribution in [1.29, 1.82) is 0 Å². The van der Waals surface area contributed by atoms with Gasteiger partial charge in [0.05, 0.1) is 29.1 Å². The molecule has 1 atom stereocenters. The van der Waals surface area contributed by atoms with Crippen molar-refractivity contribution in [1.82, 2.24) is 9.78 Å². The summed E-state index contributed by atoms with van der Waals surface area (Å²) in [5.74, 6) is 1.04.